The molecule has 1 aliphatic heterocycles. The molecule has 2 heterocycles. The fraction of sp³-hybridized carbons (Fsp3) is 0.320. The van der Waals surface area contributed by atoms with Crippen molar-refractivity contribution in [3.8, 4) is 0 Å². The summed E-state index contributed by atoms with van der Waals surface area (Å²) in [6.07, 6.45) is 3.56. The third kappa shape index (κ3) is 5.68. The number of Topliss-reactive ketones (excluding diaryl/α,β-unsaturated/α-hetero) is 1. The van der Waals surface area contributed by atoms with Crippen LogP contribution in [0.4, 0.5) is 14.9 Å². The summed E-state index contributed by atoms with van der Waals surface area (Å²) in [4.78, 5) is 31.2. The Morgan fingerprint density at radius 3 is 2.66 bits per heavy atom. The Hall–Kier alpha value is -3.32. The van der Waals surface area contributed by atoms with Crippen molar-refractivity contribution < 1.29 is 18.7 Å². The summed E-state index contributed by atoms with van der Waals surface area (Å²) in [5.41, 5.74) is 2.12. The van der Waals surface area contributed by atoms with Gasteiger partial charge in [0.2, 0.25) is 0 Å². The van der Waals surface area contributed by atoms with E-state index in [1.54, 1.807) is 24.4 Å². The van der Waals surface area contributed by atoms with E-state index >= 15 is 0 Å². The van der Waals surface area contributed by atoms with Crippen LogP contribution in [0.2, 0.25) is 0 Å². The monoisotopic (exact) mass is 435 g/mol. The quantitative estimate of drug-likeness (QED) is 0.422. The number of hydrogen-bond acceptors (Lipinski definition) is 5. The second-order valence-electron chi connectivity index (χ2n) is 8.01. The molecule has 1 amide bonds. The lowest BCUT2D eigenvalue weighted by Crippen LogP contribution is -2.37. The van der Waals surface area contributed by atoms with Crippen molar-refractivity contribution in [2.24, 2.45) is 5.92 Å². The van der Waals surface area contributed by atoms with E-state index in [9.17, 15) is 14.0 Å². The molecule has 0 radical (unpaired) electrons. The largest absolute Gasteiger partial charge is 0.449 e. The van der Waals surface area contributed by atoms with Gasteiger partial charge in [-0.1, -0.05) is 6.07 Å². The predicted molar refractivity (Wildman–Crippen MR) is 121 cm³/mol. The number of hydrogen-bond donors (Lipinski definition) is 1. The molecule has 0 aliphatic carbocycles. The zero-order valence-corrected chi connectivity index (χ0v) is 17.8. The third-order valence-corrected chi connectivity index (χ3v) is 5.79. The number of piperidine rings is 1. The van der Waals surface area contributed by atoms with Gasteiger partial charge >= 0.3 is 6.09 Å². The number of carbonyl (C=O) groups is 2. The van der Waals surface area contributed by atoms with Gasteiger partial charge in [0.05, 0.1) is 12.1 Å². The van der Waals surface area contributed by atoms with Gasteiger partial charge in [0, 0.05) is 35.3 Å². The predicted octanol–water partition coefficient (Wildman–Crippen LogP) is 4.91. The standard InChI is InChI=1S/C25H26FN3O3/c26-21-6-4-18(5-7-21)24(30)19-10-14-29(15-11-19)13-2-16-32-25(31)28-22-8-9-23-20(17-22)3-1-12-27-23/h1,3-9,12,17,19H,2,10-11,13-16H2,(H,28,31). The van der Waals surface area contributed by atoms with Crippen molar-refractivity contribution in [1.29, 1.82) is 0 Å². The molecule has 2 aromatic carbocycles. The van der Waals surface area contributed by atoms with Crippen molar-refractivity contribution >= 4 is 28.5 Å². The number of halogens is 1. The first-order valence-corrected chi connectivity index (χ1v) is 10.9. The fourth-order valence-electron chi connectivity index (χ4n) is 4.03. The van der Waals surface area contributed by atoms with Crippen molar-refractivity contribution in [2.45, 2.75) is 19.3 Å². The Kier molecular flexibility index (Phi) is 7.07. The van der Waals surface area contributed by atoms with Crippen LogP contribution in [0.5, 0.6) is 0 Å². The average molecular weight is 435 g/mol. The van der Waals surface area contributed by atoms with Crippen LogP contribution in [0.25, 0.3) is 10.9 Å². The molecule has 1 saturated heterocycles. The first-order valence-electron chi connectivity index (χ1n) is 10.9. The second kappa shape index (κ2) is 10.3. The Morgan fingerprint density at radius 1 is 1.09 bits per heavy atom. The summed E-state index contributed by atoms with van der Waals surface area (Å²) in [5.74, 6) is -0.258. The maximum Gasteiger partial charge on any atom is 0.411 e. The van der Waals surface area contributed by atoms with Crippen LogP contribution in [-0.2, 0) is 4.74 Å². The summed E-state index contributed by atoms with van der Waals surface area (Å²) in [6, 6.07) is 15.1. The molecule has 4 rings (SSSR count). The van der Waals surface area contributed by atoms with E-state index in [1.807, 2.05) is 24.3 Å². The number of carbonyl (C=O) groups excluding carboxylic acids is 2. The molecule has 0 saturated carbocycles. The minimum atomic E-state index is -0.475. The number of rotatable bonds is 7. The van der Waals surface area contributed by atoms with Crippen LogP contribution in [0.15, 0.2) is 60.8 Å². The molecule has 1 N–H and O–H groups in total. The number of pyridine rings is 1. The first kappa shape index (κ1) is 21.9. The molecule has 1 aliphatic rings. The van der Waals surface area contributed by atoms with E-state index < -0.39 is 6.09 Å². The number of amides is 1. The Bertz CT molecular complexity index is 1080. The van der Waals surface area contributed by atoms with E-state index in [-0.39, 0.29) is 17.5 Å². The van der Waals surface area contributed by atoms with E-state index in [2.05, 4.69) is 15.2 Å². The van der Waals surface area contributed by atoms with Crippen molar-refractivity contribution in [2.75, 3.05) is 31.6 Å². The van der Waals surface area contributed by atoms with Crippen LogP contribution in [-0.4, -0.2) is 48.0 Å². The van der Waals surface area contributed by atoms with Crippen molar-refractivity contribution in [3.05, 3.63) is 72.2 Å². The minimum Gasteiger partial charge on any atom is -0.449 e. The highest BCUT2D eigenvalue weighted by Crippen LogP contribution is 2.22. The molecule has 3 aromatic rings. The SMILES string of the molecule is O=C(Nc1ccc2ncccc2c1)OCCCN1CCC(C(=O)c2ccc(F)cc2)CC1. The number of benzene rings is 2. The highest BCUT2D eigenvalue weighted by Gasteiger charge is 2.25. The van der Waals surface area contributed by atoms with E-state index in [1.165, 1.54) is 12.1 Å². The van der Waals surface area contributed by atoms with E-state index in [0.717, 1.165) is 49.8 Å². The topological polar surface area (TPSA) is 71.5 Å². The van der Waals surface area contributed by atoms with Crippen LogP contribution < -0.4 is 5.32 Å². The van der Waals surface area contributed by atoms with E-state index in [0.29, 0.717) is 17.9 Å². The zero-order valence-electron chi connectivity index (χ0n) is 17.8. The Morgan fingerprint density at radius 2 is 1.88 bits per heavy atom. The minimum absolute atomic E-state index is 0.0177. The Labute approximate surface area is 186 Å². The summed E-state index contributed by atoms with van der Waals surface area (Å²) in [7, 11) is 0. The van der Waals surface area contributed by atoms with Crippen LogP contribution >= 0.6 is 0 Å². The molecular weight excluding hydrogens is 409 g/mol. The Balaban J connectivity index is 1.14. The molecule has 0 unspecified atom stereocenters. The lowest BCUT2D eigenvalue weighted by Gasteiger charge is -2.31. The maximum absolute atomic E-state index is 13.1. The number of ether oxygens (including phenoxy) is 1. The van der Waals surface area contributed by atoms with Crippen LogP contribution in [0.3, 0.4) is 0 Å². The average Bonchev–Trinajstić information content (AvgIpc) is 2.82. The number of nitrogens with zero attached hydrogens (tertiary/aromatic N) is 2. The highest BCUT2D eigenvalue weighted by atomic mass is 19.1. The van der Waals surface area contributed by atoms with Gasteiger partial charge in [-0.05, 0) is 80.9 Å². The van der Waals surface area contributed by atoms with Gasteiger partial charge in [0.1, 0.15) is 5.82 Å². The molecule has 1 fully saturated rings. The van der Waals surface area contributed by atoms with Gasteiger partial charge in [0.25, 0.3) is 0 Å². The molecule has 32 heavy (non-hydrogen) atoms. The molecule has 0 atom stereocenters. The maximum atomic E-state index is 13.1. The van der Waals surface area contributed by atoms with Gasteiger partial charge < -0.3 is 9.64 Å². The third-order valence-electron chi connectivity index (χ3n) is 5.79. The zero-order chi connectivity index (χ0) is 22.3. The molecule has 166 valence electrons. The van der Waals surface area contributed by atoms with Gasteiger partial charge in [-0.3, -0.25) is 15.1 Å². The normalized spacial score (nSPS) is 14.9. The molecule has 1 aromatic heterocycles. The lowest BCUT2D eigenvalue weighted by molar-refractivity contribution is 0.0830. The number of anilines is 1. The molecular formula is C25H26FN3O3. The number of ketones is 1. The summed E-state index contributed by atoms with van der Waals surface area (Å²) >= 11 is 0. The lowest BCUT2D eigenvalue weighted by atomic mass is 9.89. The van der Waals surface area contributed by atoms with E-state index in [4.69, 9.17) is 4.74 Å². The molecule has 6 nitrogen and oxygen atoms in total. The van der Waals surface area contributed by atoms with Crippen molar-refractivity contribution in [1.82, 2.24) is 9.88 Å². The summed E-state index contributed by atoms with van der Waals surface area (Å²) in [6.45, 7) is 2.80. The first-order chi connectivity index (χ1) is 15.6. The number of nitrogens with one attached hydrogen (secondary N) is 1. The van der Waals surface area contributed by atoms with Gasteiger partial charge in [0.15, 0.2) is 5.78 Å². The highest BCUT2D eigenvalue weighted by molar-refractivity contribution is 5.97. The van der Waals surface area contributed by atoms with Crippen LogP contribution in [0, 0.1) is 11.7 Å². The van der Waals surface area contributed by atoms with Gasteiger partial charge in [-0.2, -0.15) is 0 Å². The van der Waals surface area contributed by atoms with Crippen molar-refractivity contribution in [3.63, 3.8) is 0 Å². The number of fused-ring (bicyclic) bond motifs is 1. The number of aromatic nitrogens is 1. The molecule has 0 spiro atoms. The summed E-state index contributed by atoms with van der Waals surface area (Å²) in [5, 5.41) is 3.70. The van der Waals surface area contributed by atoms with Gasteiger partial charge in [-0.25, -0.2) is 9.18 Å². The van der Waals surface area contributed by atoms with Crippen LogP contribution in [0.1, 0.15) is 29.6 Å². The molecule has 0 bridgehead atoms. The molecule has 7 heteroatoms. The number of likely N-dealkylation sites (tertiary alicyclic amines) is 1. The van der Waals surface area contributed by atoms with Gasteiger partial charge in [-0.15, -0.1) is 0 Å². The second-order valence-corrected chi connectivity index (χ2v) is 8.01. The fourth-order valence-corrected chi connectivity index (χ4v) is 4.03. The summed E-state index contributed by atoms with van der Waals surface area (Å²) < 4.78 is 18.3. The smallest absolute Gasteiger partial charge is 0.411 e.